The van der Waals surface area contributed by atoms with E-state index in [1.54, 1.807) is 24.3 Å². The van der Waals surface area contributed by atoms with Crippen molar-refractivity contribution in [2.75, 3.05) is 0 Å². The molecule has 2 rings (SSSR count). The molecule has 0 saturated heterocycles. The van der Waals surface area contributed by atoms with Gasteiger partial charge in [0.15, 0.2) is 0 Å². The molecule has 2 N–H and O–H groups in total. The smallest absolute Gasteiger partial charge is 0.449 e. The Hall–Kier alpha value is -1.62. The summed E-state index contributed by atoms with van der Waals surface area (Å²) in [5.41, 5.74) is 0.445. The number of furan rings is 1. The summed E-state index contributed by atoms with van der Waals surface area (Å²) in [6.45, 7) is 0. The first-order valence-electron chi connectivity index (χ1n) is 4.24. The van der Waals surface area contributed by atoms with Crippen molar-refractivity contribution in [1.82, 2.24) is 0 Å². The van der Waals surface area contributed by atoms with E-state index in [2.05, 4.69) is 4.52 Å². The zero-order valence-corrected chi connectivity index (χ0v) is 8.76. The van der Waals surface area contributed by atoms with Gasteiger partial charge in [0.1, 0.15) is 5.58 Å². The highest BCUT2D eigenvalue weighted by Gasteiger charge is 2.24. The molecule has 0 spiro atoms. The van der Waals surface area contributed by atoms with Crippen LogP contribution in [-0.4, -0.2) is 15.8 Å². The first-order chi connectivity index (χ1) is 7.46. The van der Waals surface area contributed by atoms with Gasteiger partial charge in [-0.2, -0.15) is 0 Å². The standard InChI is InChI=1S/C9H7O6P/c10-9(15-16(11,12)13)8-5-6-3-1-2-4-7(6)14-8/h1-5H,(H2,11,12,13). The molecular formula is C9H7O6P. The molecule has 1 aromatic carbocycles. The van der Waals surface area contributed by atoms with Crippen molar-refractivity contribution in [3.8, 4) is 0 Å². The van der Waals surface area contributed by atoms with Crippen molar-refractivity contribution in [1.29, 1.82) is 0 Å². The van der Waals surface area contributed by atoms with Crippen LogP contribution in [0.25, 0.3) is 11.0 Å². The van der Waals surface area contributed by atoms with Gasteiger partial charge in [0.2, 0.25) is 5.76 Å². The summed E-state index contributed by atoms with van der Waals surface area (Å²) >= 11 is 0. The molecule has 0 saturated carbocycles. The largest absolute Gasteiger partial charge is 0.527 e. The highest BCUT2D eigenvalue weighted by molar-refractivity contribution is 7.46. The molecule has 84 valence electrons. The number of hydrogen-bond acceptors (Lipinski definition) is 4. The van der Waals surface area contributed by atoms with Gasteiger partial charge in [0.05, 0.1) is 0 Å². The molecule has 0 bridgehead atoms. The number of fused-ring (bicyclic) bond motifs is 1. The number of hydrogen-bond donors (Lipinski definition) is 2. The average molecular weight is 242 g/mol. The van der Waals surface area contributed by atoms with E-state index in [0.717, 1.165) is 0 Å². The van der Waals surface area contributed by atoms with Crippen molar-refractivity contribution in [2.24, 2.45) is 0 Å². The minimum absolute atomic E-state index is 0.246. The minimum Gasteiger partial charge on any atom is -0.449 e. The average Bonchev–Trinajstić information content (AvgIpc) is 2.58. The van der Waals surface area contributed by atoms with Gasteiger partial charge >= 0.3 is 13.8 Å². The van der Waals surface area contributed by atoms with E-state index in [0.29, 0.717) is 11.0 Å². The van der Waals surface area contributed by atoms with Crippen LogP contribution in [0.4, 0.5) is 0 Å². The molecule has 6 nitrogen and oxygen atoms in total. The van der Waals surface area contributed by atoms with Gasteiger partial charge in [-0.1, -0.05) is 18.2 Å². The molecule has 0 amide bonds. The molecular weight excluding hydrogens is 235 g/mol. The molecule has 16 heavy (non-hydrogen) atoms. The second-order valence-electron chi connectivity index (χ2n) is 3.02. The fourth-order valence-electron chi connectivity index (χ4n) is 1.24. The quantitative estimate of drug-likeness (QED) is 0.777. The van der Waals surface area contributed by atoms with Crippen LogP contribution in [0.1, 0.15) is 10.6 Å². The van der Waals surface area contributed by atoms with E-state index in [1.165, 1.54) is 6.07 Å². The fraction of sp³-hybridized carbons (Fsp3) is 0. The molecule has 0 aliphatic rings. The highest BCUT2D eigenvalue weighted by atomic mass is 31.2. The fourth-order valence-corrected chi connectivity index (χ4v) is 1.54. The summed E-state index contributed by atoms with van der Waals surface area (Å²) in [7, 11) is -4.84. The van der Waals surface area contributed by atoms with Crippen LogP contribution in [0.2, 0.25) is 0 Å². The van der Waals surface area contributed by atoms with Crippen LogP contribution >= 0.6 is 7.82 Å². The number of carbonyl (C=O) groups excluding carboxylic acids is 1. The van der Waals surface area contributed by atoms with Gasteiger partial charge in [-0.3, -0.25) is 9.79 Å². The Balaban J connectivity index is 2.34. The number of para-hydroxylation sites is 1. The molecule has 0 atom stereocenters. The maximum Gasteiger partial charge on any atom is 0.527 e. The predicted molar refractivity (Wildman–Crippen MR) is 53.7 cm³/mol. The summed E-state index contributed by atoms with van der Waals surface area (Å²) in [6.07, 6.45) is 0. The second kappa shape index (κ2) is 3.75. The van der Waals surface area contributed by atoms with Crippen molar-refractivity contribution in [2.45, 2.75) is 0 Å². The zero-order valence-electron chi connectivity index (χ0n) is 7.86. The van der Waals surface area contributed by atoms with Gasteiger partial charge in [-0.15, -0.1) is 0 Å². The Morgan fingerprint density at radius 3 is 2.62 bits per heavy atom. The van der Waals surface area contributed by atoms with Gasteiger partial charge in [0.25, 0.3) is 0 Å². The lowest BCUT2D eigenvalue weighted by Crippen LogP contribution is -2.01. The van der Waals surface area contributed by atoms with E-state index in [-0.39, 0.29) is 5.76 Å². The molecule has 7 heteroatoms. The number of phosphoric acid groups is 1. The lowest BCUT2D eigenvalue weighted by atomic mass is 10.2. The topological polar surface area (TPSA) is 97.0 Å². The zero-order chi connectivity index (χ0) is 11.8. The molecule has 1 heterocycles. The van der Waals surface area contributed by atoms with E-state index < -0.39 is 13.8 Å². The summed E-state index contributed by atoms with van der Waals surface area (Å²) in [4.78, 5) is 28.1. The molecule has 0 aliphatic carbocycles. The first kappa shape index (κ1) is 10.9. The summed E-state index contributed by atoms with van der Waals surface area (Å²) in [5, 5.41) is 0.653. The van der Waals surface area contributed by atoms with Gasteiger partial charge in [0, 0.05) is 5.39 Å². The van der Waals surface area contributed by atoms with E-state index in [9.17, 15) is 9.36 Å². The third-order valence-corrected chi connectivity index (χ3v) is 2.23. The third-order valence-electron chi connectivity index (χ3n) is 1.83. The highest BCUT2D eigenvalue weighted by Crippen LogP contribution is 2.37. The first-order valence-corrected chi connectivity index (χ1v) is 5.77. The number of rotatable bonds is 2. The lowest BCUT2D eigenvalue weighted by Gasteiger charge is -2.01. The molecule has 0 unspecified atom stereocenters. The normalized spacial score (nSPS) is 11.6. The van der Waals surface area contributed by atoms with E-state index in [4.69, 9.17) is 14.2 Å². The molecule has 0 radical (unpaired) electrons. The summed E-state index contributed by atoms with van der Waals surface area (Å²) in [5.74, 6) is -1.44. The summed E-state index contributed by atoms with van der Waals surface area (Å²) in [6, 6.07) is 8.14. The Kier molecular flexibility index (Phi) is 2.55. The number of benzene rings is 1. The SMILES string of the molecule is O=C(OP(=O)(O)O)c1cc2ccccc2o1. The predicted octanol–water partition coefficient (Wildman–Crippen LogP) is 1.68. The third kappa shape index (κ3) is 2.30. The molecule has 0 aliphatic heterocycles. The van der Waals surface area contributed by atoms with Crippen LogP contribution < -0.4 is 0 Å². The molecule has 2 aromatic rings. The summed E-state index contributed by atoms with van der Waals surface area (Å²) < 4.78 is 19.4. The van der Waals surface area contributed by atoms with Crippen LogP contribution in [0.15, 0.2) is 34.7 Å². The van der Waals surface area contributed by atoms with Gasteiger partial charge in [-0.05, 0) is 12.1 Å². The van der Waals surface area contributed by atoms with Gasteiger partial charge < -0.3 is 8.94 Å². The van der Waals surface area contributed by atoms with E-state index >= 15 is 0 Å². The Morgan fingerprint density at radius 2 is 2.00 bits per heavy atom. The van der Waals surface area contributed by atoms with Crippen LogP contribution in [0.5, 0.6) is 0 Å². The minimum atomic E-state index is -4.84. The monoisotopic (exact) mass is 242 g/mol. The van der Waals surface area contributed by atoms with Crippen molar-refractivity contribution >= 4 is 24.8 Å². The maximum absolute atomic E-state index is 11.2. The van der Waals surface area contributed by atoms with Gasteiger partial charge in [-0.25, -0.2) is 9.36 Å². The molecule has 1 aromatic heterocycles. The van der Waals surface area contributed by atoms with Crippen molar-refractivity contribution in [3.05, 3.63) is 36.1 Å². The number of carbonyl (C=O) groups is 1. The van der Waals surface area contributed by atoms with Crippen LogP contribution in [-0.2, 0) is 9.09 Å². The lowest BCUT2D eigenvalue weighted by molar-refractivity contribution is 0.0646. The maximum atomic E-state index is 11.2. The van der Waals surface area contributed by atoms with E-state index in [1.807, 2.05) is 0 Å². The van der Waals surface area contributed by atoms with Crippen LogP contribution in [0.3, 0.4) is 0 Å². The Bertz CT molecular complexity index is 547. The number of phosphoric ester groups is 1. The van der Waals surface area contributed by atoms with Crippen molar-refractivity contribution in [3.63, 3.8) is 0 Å². The van der Waals surface area contributed by atoms with Crippen LogP contribution in [0, 0.1) is 0 Å². The Labute approximate surface area is 89.7 Å². The molecule has 0 fully saturated rings. The van der Waals surface area contributed by atoms with Crippen molar-refractivity contribution < 1.29 is 28.1 Å². The Morgan fingerprint density at radius 1 is 1.31 bits per heavy atom. The second-order valence-corrected chi connectivity index (χ2v) is 4.18.